The van der Waals surface area contributed by atoms with E-state index in [2.05, 4.69) is 0 Å². The third-order valence-corrected chi connectivity index (χ3v) is 8.15. The van der Waals surface area contributed by atoms with Crippen LogP contribution in [0.25, 0.3) is 89.7 Å². The van der Waals surface area contributed by atoms with Crippen LogP contribution < -0.4 is 9.97 Å². The Morgan fingerprint density at radius 3 is 0.873 bits per heavy atom. The van der Waals surface area contributed by atoms with Gasteiger partial charge < -0.3 is 40.1 Å². The van der Waals surface area contributed by atoms with Crippen molar-refractivity contribution in [1.29, 1.82) is 0 Å². The summed E-state index contributed by atoms with van der Waals surface area (Å²) in [5.74, 6) is 2.08. The summed E-state index contributed by atoms with van der Waals surface area (Å²) in [6, 6.07) is 31.8. The summed E-state index contributed by atoms with van der Waals surface area (Å²) in [5, 5.41) is 20.3. The number of aliphatic hydroxyl groups excluding tert-OH is 2. The Balaban J connectivity index is 0.000000296. The van der Waals surface area contributed by atoms with Crippen molar-refractivity contribution in [2.75, 3.05) is 0 Å². The Morgan fingerprint density at radius 1 is 0.436 bits per heavy atom. The maximum absolute atomic E-state index is 10.0. The predicted molar refractivity (Wildman–Crippen MR) is 208 cm³/mol. The quantitative estimate of drug-likeness (QED) is 0.127. The first-order valence-electron chi connectivity index (χ1n) is 16.9. The Bertz CT molecular complexity index is 2500. The van der Waals surface area contributed by atoms with Crippen LogP contribution in [0, 0.1) is 0 Å². The number of rotatable bonds is 2. The molecule has 0 saturated heterocycles. The first-order valence-corrected chi connectivity index (χ1v) is 16.9. The van der Waals surface area contributed by atoms with Gasteiger partial charge in [-0.3, -0.25) is 9.59 Å². The molecule has 0 spiro atoms. The first-order chi connectivity index (χ1) is 26.0. The molecule has 12 nitrogen and oxygen atoms in total. The minimum Gasteiger partial charge on any atom is -0.512 e. The molecule has 8 bridgehead atoms. The second-order valence-corrected chi connectivity index (χ2v) is 12.5. The van der Waals surface area contributed by atoms with Crippen molar-refractivity contribution in [3.05, 3.63) is 121 Å². The number of aromatic nitrogens is 8. The molecule has 2 aliphatic heterocycles. The van der Waals surface area contributed by atoms with Gasteiger partial charge in [0.2, 0.25) is 0 Å². The van der Waals surface area contributed by atoms with E-state index in [4.69, 9.17) is 50.1 Å². The molecule has 7 aromatic rings. The van der Waals surface area contributed by atoms with Crippen molar-refractivity contribution >= 4 is 55.7 Å². The Morgan fingerprint density at radius 2 is 0.673 bits per heavy atom. The molecule has 0 saturated carbocycles. The van der Waals surface area contributed by atoms with Crippen LogP contribution in [0.5, 0.6) is 0 Å². The molecular weight excluding hydrogens is 772 g/mol. The molecule has 0 atom stereocenters. The SMILES string of the molecule is CC(=O)/C=C(/C)O.CC(=O)/C=C(/C)O.[Zr+2].c1ccc2c(c1)-c1nc-2nc2[n-]c(nc3nc(nc4[n-]c(n1)c1ccccc41)-c1ccccc1-3)c1ccccc21. The molecule has 0 fully saturated rings. The monoisotopic (exact) mass is 802 g/mol. The maximum atomic E-state index is 10.0. The van der Waals surface area contributed by atoms with Crippen LogP contribution in [0.15, 0.2) is 121 Å². The summed E-state index contributed by atoms with van der Waals surface area (Å²) < 4.78 is 0. The number of hydrogen-bond acceptors (Lipinski definition) is 10. The third-order valence-electron chi connectivity index (χ3n) is 8.15. The van der Waals surface area contributed by atoms with Gasteiger partial charge in [0.1, 0.15) is 0 Å². The number of carbonyl (C=O) groups excluding carboxylic acids is 2. The van der Waals surface area contributed by atoms with E-state index in [1.807, 2.05) is 97.1 Å². The molecule has 4 aromatic carbocycles. The van der Waals surface area contributed by atoms with Crippen molar-refractivity contribution in [3.8, 4) is 45.6 Å². The molecule has 5 heterocycles. The Labute approximate surface area is 334 Å². The van der Waals surface area contributed by atoms with E-state index in [1.165, 1.54) is 39.8 Å². The molecule has 2 N–H and O–H groups in total. The van der Waals surface area contributed by atoms with Crippen LogP contribution in [0.2, 0.25) is 0 Å². The Kier molecular flexibility index (Phi) is 11.3. The van der Waals surface area contributed by atoms with Crippen LogP contribution in [-0.2, 0) is 35.8 Å². The maximum Gasteiger partial charge on any atom is 2.00 e. The molecule has 0 aliphatic carbocycles. The zero-order chi connectivity index (χ0) is 37.9. The number of benzene rings is 4. The number of fused-ring (bicyclic) bond motifs is 20. The van der Waals surface area contributed by atoms with Crippen LogP contribution >= 0.6 is 0 Å². The number of hydrogen-bond donors (Lipinski definition) is 2. The normalized spacial score (nSPS) is 11.6. The van der Waals surface area contributed by atoms with E-state index >= 15 is 0 Å². The van der Waals surface area contributed by atoms with Gasteiger partial charge in [-0.2, -0.15) is 0 Å². The number of nitrogens with zero attached hydrogens (tertiary/aromatic N) is 8. The van der Waals surface area contributed by atoms with E-state index in [0.717, 1.165) is 43.8 Å². The summed E-state index contributed by atoms with van der Waals surface area (Å²) in [6.07, 6.45) is 2.33. The van der Waals surface area contributed by atoms with Gasteiger partial charge in [-0.05, 0) is 49.2 Å². The molecule has 0 unspecified atom stereocenters. The molecular formula is C42H32N8O4Zr. The van der Waals surface area contributed by atoms with Crippen molar-refractivity contribution in [2.24, 2.45) is 0 Å². The van der Waals surface area contributed by atoms with Crippen LogP contribution in [-0.4, -0.2) is 51.7 Å². The minimum atomic E-state index is -0.125. The van der Waals surface area contributed by atoms with Crippen LogP contribution in [0.3, 0.4) is 0 Å². The van der Waals surface area contributed by atoms with Gasteiger partial charge in [0.25, 0.3) is 0 Å². The number of carbonyl (C=O) groups is 2. The Hall–Kier alpha value is -6.46. The summed E-state index contributed by atoms with van der Waals surface area (Å²) in [6.45, 7) is 5.70. The van der Waals surface area contributed by atoms with Gasteiger partial charge in [-0.25, -0.2) is 9.97 Å². The molecule has 55 heavy (non-hydrogen) atoms. The average molecular weight is 804 g/mol. The summed E-state index contributed by atoms with van der Waals surface area (Å²) in [4.78, 5) is 59.3. The van der Waals surface area contributed by atoms with Gasteiger partial charge in [-0.1, -0.05) is 97.1 Å². The van der Waals surface area contributed by atoms with E-state index in [9.17, 15) is 9.59 Å². The fourth-order valence-electron chi connectivity index (χ4n) is 6.05. The fraction of sp³-hybridized carbons (Fsp3) is 0.0952. The van der Waals surface area contributed by atoms with E-state index in [1.54, 1.807) is 0 Å². The number of ketones is 2. The van der Waals surface area contributed by atoms with Crippen molar-refractivity contribution < 1.29 is 46.0 Å². The molecule has 13 heteroatoms. The standard InChI is InChI=1S/C32H16N8.2C5H8O2.Zr/c1-2-10-18-17(9-1)25-33-26(18)38-28-21-13-5-6-14-22(21)30(35-28)40-32-24-16-8-7-15-23(24)31(36-32)39-29-20-12-4-3-11-19(20)27(34-29)37-25;2*1-4(6)3-5(2)7;/h1-16H;2*3,6H,1-2H3;/q-2;;;+2/b;2*4-3-;. The second-order valence-electron chi connectivity index (χ2n) is 12.5. The average Bonchev–Trinajstić information content (AvgIpc) is 3.87. The van der Waals surface area contributed by atoms with Gasteiger partial charge in [-0.15, -0.1) is 0 Å². The zero-order valence-corrected chi connectivity index (χ0v) is 32.6. The number of aliphatic hydroxyl groups is 2. The molecule has 268 valence electrons. The molecule has 0 radical (unpaired) electrons. The summed E-state index contributed by atoms with van der Waals surface area (Å²) in [5.41, 5.74) is 5.78. The summed E-state index contributed by atoms with van der Waals surface area (Å²) in [7, 11) is 0. The van der Waals surface area contributed by atoms with Crippen molar-refractivity contribution in [2.45, 2.75) is 27.7 Å². The topological polar surface area (TPSA) is 180 Å². The minimum absolute atomic E-state index is 0. The van der Waals surface area contributed by atoms with E-state index < -0.39 is 0 Å². The van der Waals surface area contributed by atoms with Gasteiger partial charge in [0.05, 0.1) is 34.8 Å². The van der Waals surface area contributed by atoms with Gasteiger partial charge >= 0.3 is 26.2 Å². The fourth-order valence-corrected chi connectivity index (χ4v) is 6.05. The summed E-state index contributed by atoms with van der Waals surface area (Å²) >= 11 is 0. The van der Waals surface area contributed by atoms with E-state index in [-0.39, 0.29) is 49.3 Å². The van der Waals surface area contributed by atoms with Gasteiger partial charge in [0.15, 0.2) is 11.6 Å². The van der Waals surface area contributed by atoms with Crippen LogP contribution in [0.1, 0.15) is 27.7 Å². The third kappa shape index (κ3) is 8.22. The van der Waals surface area contributed by atoms with E-state index in [0.29, 0.717) is 45.9 Å². The zero-order valence-electron chi connectivity index (χ0n) is 30.2. The molecule has 0 amide bonds. The molecule has 2 aliphatic rings. The van der Waals surface area contributed by atoms with Gasteiger partial charge in [0, 0.05) is 57.0 Å². The number of allylic oxidation sites excluding steroid dienone is 4. The largest absolute Gasteiger partial charge is 2.00 e. The van der Waals surface area contributed by atoms with Crippen molar-refractivity contribution in [1.82, 2.24) is 39.9 Å². The molecule has 9 rings (SSSR count). The van der Waals surface area contributed by atoms with Crippen molar-refractivity contribution in [3.63, 3.8) is 0 Å². The molecule has 3 aromatic heterocycles. The first kappa shape index (κ1) is 38.3. The van der Waals surface area contributed by atoms with Crippen LogP contribution in [0.4, 0.5) is 0 Å². The predicted octanol–water partition coefficient (Wildman–Crippen LogP) is 8.20. The smallest absolute Gasteiger partial charge is 0.512 e. The second kappa shape index (κ2) is 16.3.